The third-order valence-electron chi connectivity index (χ3n) is 4.13. The Morgan fingerprint density at radius 1 is 1.25 bits per heavy atom. The van der Waals surface area contributed by atoms with E-state index in [2.05, 4.69) is 13.8 Å². The van der Waals surface area contributed by atoms with Crippen LogP contribution in [0.2, 0.25) is 0 Å². The molecule has 0 amide bonds. The van der Waals surface area contributed by atoms with Gasteiger partial charge in [-0.15, -0.1) is 0 Å². The van der Waals surface area contributed by atoms with Gasteiger partial charge in [-0.1, -0.05) is 13.8 Å². The predicted octanol–water partition coefficient (Wildman–Crippen LogP) is 4.06. The van der Waals surface area contributed by atoms with Crippen LogP contribution in [0.25, 0.3) is 0 Å². The van der Waals surface area contributed by atoms with E-state index in [9.17, 15) is 13.2 Å². The topological polar surface area (TPSA) is 27.0 Å². The van der Waals surface area contributed by atoms with Crippen LogP contribution in [0.15, 0.2) is 18.2 Å². The minimum absolute atomic E-state index is 0.320. The third kappa shape index (κ3) is 2.90. The molecule has 20 heavy (non-hydrogen) atoms. The molecule has 1 saturated heterocycles. The first-order valence-electron chi connectivity index (χ1n) is 6.69. The fourth-order valence-electron chi connectivity index (χ4n) is 2.56. The van der Waals surface area contributed by atoms with E-state index in [0.717, 1.165) is 25.6 Å². The van der Waals surface area contributed by atoms with Crippen molar-refractivity contribution >= 4 is 5.69 Å². The second kappa shape index (κ2) is 5.35. The van der Waals surface area contributed by atoms with Crippen molar-refractivity contribution in [2.45, 2.75) is 26.4 Å². The van der Waals surface area contributed by atoms with Crippen molar-refractivity contribution in [3.8, 4) is 6.07 Å². The summed E-state index contributed by atoms with van der Waals surface area (Å²) in [4.78, 5) is 1.97. The summed E-state index contributed by atoms with van der Waals surface area (Å²) < 4.78 is 38.9. The highest BCUT2D eigenvalue weighted by molar-refractivity contribution is 5.55. The molecule has 0 N–H and O–H groups in total. The zero-order valence-electron chi connectivity index (χ0n) is 11.5. The van der Waals surface area contributed by atoms with Gasteiger partial charge < -0.3 is 4.90 Å². The van der Waals surface area contributed by atoms with Crippen LogP contribution in [-0.2, 0) is 6.18 Å². The molecule has 2 rings (SSSR count). The van der Waals surface area contributed by atoms with Crippen LogP contribution < -0.4 is 4.90 Å². The number of nitriles is 1. The smallest absolute Gasteiger partial charge is 0.371 e. The molecule has 1 aromatic rings. The number of halogens is 3. The molecule has 1 aromatic carbocycles. The molecule has 5 heteroatoms. The lowest BCUT2D eigenvalue weighted by Crippen LogP contribution is -2.38. The molecule has 0 aromatic heterocycles. The summed E-state index contributed by atoms with van der Waals surface area (Å²) in [6.07, 6.45) is -3.52. The van der Waals surface area contributed by atoms with Gasteiger partial charge in [0.25, 0.3) is 0 Å². The molecule has 0 spiro atoms. The van der Waals surface area contributed by atoms with Gasteiger partial charge in [0, 0.05) is 18.8 Å². The highest BCUT2D eigenvalue weighted by atomic mass is 19.4. The fraction of sp³-hybridized carbons (Fsp3) is 0.533. The van der Waals surface area contributed by atoms with E-state index in [0.29, 0.717) is 17.5 Å². The molecule has 0 aliphatic carbocycles. The first-order valence-corrected chi connectivity index (χ1v) is 6.69. The van der Waals surface area contributed by atoms with E-state index in [-0.39, 0.29) is 5.56 Å². The van der Waals surface area contributed by atoms with Gasteiger partial charge in [0.2, 0.25) is 0 Å². The van der Waals surface area contributed by atoms with Crippen LogP contribution >= 0.6 is 0 Å². The zero-order chi connectivity index (χ0) is 14.9. The molecule has 1 fully saturated rings. The monoisotopic (exact) mass is 282 g/mol. The third-order valence-corrected chi connectivity index (χ3v) is 4.13. The van der Waals surface area contributed by atoms with Crippen LogP contribution in [0.3, 0.4) is 0 Å². The van der Waals surface area contributed by atoms with E-state index in [4.69, 9.17) is 5.26 Å². The first-order chi connectivity index (χ1) is 9.32. The van der Waals surface area contributed by atoms with Gasteiger partial charge in [0.05, 0.1) is 17.2 Å². The van der Waals surface area contributed by atoms with Gasteiger partial charge in [0.15, 0.2) is 0 Å². The molecule has 0 saturated carbocycles. The Labute approximate surface area is 116 Å². The summed E-state index contributed by atoms with van der Waals surface area (Å²) >= 11 is 0. The number of anilines is 1. The number of nitrogens with zero attached hydrogens (tertiary/aromatic N) is 2. The molecule has 0 radical (unpaired) electrons. The lowest BCUT2D eigenvalue weighted by Gasteiger charge is -2.37. The van der Waals surface area contributed by atoms with Crippen LogP contribution in [0.5, 0.6) is 0 Å². The second-order valence-corrected chi connectivity index (χ2v) is 5.53. The molecule has 2 unspecified atom stereocenters. The first kappa shape index (κ1) is 14.7. The highest BCUT2D eigenvalue weighted by Crippen LogP contribution is 2.35. The Bertz CT molecular complexity index is 531. The molecular formula is C15H17F3N2. The lowest BCUT2D eigenvalue weighted by atomic mass is 9.88. The quantitative estimate of drug-likeness (QED) is 0.776. The summed E-state index contributed by atoms with van der Waals surface area (Å²) in [6.45, 7) is 5.80. The van der Waals surface area contributed by atoms with Gasteiger partial charge in [-0.2, -0.15) is 18.4 Å². The molecule has 0 bridgehead atoms. The standard InChI is InChI=1S/C15H17F3N2/c1-10-5-6-20(9-11(10)2)13-4-3-12(8-19)14(7-13)15(16,17)18/h3-4,7,10-11H,5-6,9H2,1-2H3. The Kier molecular flexibility index (Phi) is 3.94. The Hall–Kier alpha value is -1.70. The SMILES string of the molecule is CC1CCN(c2ccc(C#N)c(C(F)(F)F)c2)CC1C. The zero-order valence-corrected chi connectivity index (χ0v) is 11.5. The predicted molar refractivity (Wildman–Crippen MR) is 71.3 cm³/mol. The maximum absolute atomic E-state index is 13.0. The van der Waals surface area contributed by atoms with Crippen molar-refractivity contribution in [1.29, 1.82) is 5.26 Å². The summed E-state index contributed by atoms with van der Waals surface area (Å²) in [5.74, 6) is 1.04. The van der Waals surface area contributed by atoms with Gasteiger partial charge in [-0.25, -0.2) is 0 Å². The van der Waals surface area contributed by atoms with Gasteiger partial charge in [-0.05, 0) is 36.5 Å². The summed E-state index contributed by atoms with van der Waals surface area (Å²) in [6, 6.07) is 5.58. The van der Waals surface area contributed by atoms with E-state index in [1.54, 1.807) is 12.1 Å². The number of piperidine rings is 1. The maximum atomic E-state index is 13.0. The minimum Gasteiger partial charge on any atom is -0.371 e. The van der Waals surface area contributed by atoms with E-state index in [1.807, 2.05) is 4.90 Å². The molecule has 1 aliphatic rings. The molecule has 1 heterocycles. The summed E-state index contributed by atoms with van der Waals surface area (Å²) in [5.41, 5.74) is -0.612. The number of benzene rings is 1. The number of rotatable bonds is 1. The second-order valence-electron chi connectivity index (χ2n) is 5.53. The minimum atomic E-state index is -4.49. The molecule has 108 valence electrons. The lowest BCUT2D eigenvalue weighted by molar-refractivity contribution is -0.137. The van der Waals surface area contributed by atoms with Crippen LogP contribution in [0.1, 0.15) is 31.4 Å². The van der Waals surface area contributed by atoms with Crippen LogP contribution in [0.4, 0.5) is 18.9 Å². The van der Waals surface area contributed by atoms with Crippen molar-refractivity contribution in [2.24, 2.45) is 11.8 Å². The summed E-state index contributed by atoms with van der Waals surface area (Å²) in [7, 11) is 0. The van der Waals surface area contributed by atoms with E-state index < -0.39 is 11.7 Å². The average molecular weight is 282 g/mol. The average Bonchev–Trinajstić information content (AvgIpc) is 2.40. The van der Waals surface area contributed by atoms with Gasteiger partial charge in [0.1, 0.15) is 0 Å². The largest absolute Gasteiger partial charge is 0.417 e. The van der Waals surface area contributed by atoms with Gasteiger partial charge in [-0.3, -0.25) is 0 Å². The Morgan fingerprint density at radius 2 is 1.95 bits per heavy atom. The van der Waals surface area contributed by atoms with Crippen molar-refractivity contribution < 1.29 is 13.2 Å². The summed E-state index contributed by atoms with van der Waals surface area (Å²) in [5, 5.41) is 8.80. The molecule has 1 aliphatic heterocycles. The molecule has 2 atom stereocenters. The molecule has 2 nitrogen and oxygen atoms in total. The van der Waals surface area contributed by atoms with Gasteiger partial charge >= 0.3 is 6.18 Å². The highest BCUT2D eigenvalue weighted by Gasteiger charge is 2.34. The number of hydrogen-bond acceptors (Lipinski definition) is 2. The number of alkyl halides is 3. The fourth-order valence-corrected chi connectivity index (χ4v) is 2.56. The molecular weight excluding hydrogens is 265 g/mol. The van der Waals surface area contributed by atoms with Crippen molar-refractivity contribution in [2.75, 3.05) is 18.0 Å². The van der Waals surface area contributed by atoms with E-state index in [1.165, 1.54) is 6.07 Å². The Morgan fingerprint density at radius 3 is 2.50 bits per heavy atom. The van der Waals surface area contributed by atoms with Crippen molar-refractivity contribution in [3.63, 3.8) is 0 Å². The maximum Gasteiger partial charge on any atom is 0.417 e. The van der Waals surface area contributed by atoms with E-state index >= 15 is 0 Å². The van der Waals surface area contributed by atoms with Crippen molar-refractivity contribution in [3.05, 3.63) is 29.3 Å². The van der Waals surface area contributed by atoms with Crippen LogP contribution in [0, 0.1) is 23.2 Å². The Balaban J connectivity index is 2.33. The number of hydrogen-bond donors (Lipinski definition) is 0. The van der Waals surface area contributed by atoms with Crippen LogP contribution in [-0.4, -0.2) is 13.1 Å². The van der Waals surface area contributed by atoms with Crippen molar-refractivity contribution in [1.82, 2.24) is 0 Å². The normalized spacial score (nSPS) is 23.5.